The lowest BCUT2D eigenvalue weighted by atomic mass is 10.1. The van der Waals surface area contributed by atoms with Crippen LogP contribution >= 0.6 is 0 Å². The second-order valence-corrected chi connectivity index (χ2v) is 6.26. The Bertz CT molecular complexity index is 894. The van der Waals surface area contributed by atoms with Crippen LogP contribution in [0, 0.1) is 6.92 Å². The molecular formula is C20H25N5. The van der Waals surface area contributed by atoms with Crippen molar-refractivity contribution in [3.05, 3.63) is 65.5 Å². The summed E-state index contributed by atoms with van der Waals surface area (Å²) in [4.78, 5) is 11.2. The normalized spacial score (nSPS) is 11.8. The van der Waals surface area contributed by atoms with E-state index in [0.717, 1.165) is 29.4 Å². The molecule has 0 aliphatic carbocycles. The van der Waals surface area contributed by atoms with Crippen LogP contribution in [0.1, 0.15) is 17.0 Å². The van der Waals surface area contributed by atoms with Crippen molar-refractivity contribution >= 4 is 17.0 Å². The molecule has 3 aromatic rings. The van der Waals surface area contributed by atoms with E-state index in [1.807, 2.05) is 32.3 Å². The van der Waals surface area contributed by atoms with E-state index < -0.39 is 0 Å². The molecule has 1 N–H and O–H groups in total. The first-order valence-corrected chi connectivity index (χ1v) is 8.46. The van der Waals surface area contributed by atoms with Gasteiger partial charge >= 0.3 is 0 Å². The van der Waals surface area contributed by atoms with Gasteiger partial charge in [0.15, 0.2) is 5.96 Å². The molecule has 5 heteroatoms. The molecule has 0 aliphatic heterocycles. The highest BCUT2D eigenvalue weighted by Crippen LogP contribution is 2.14. The Hall–Kier alpha value is -2.82. The fourth-order valence-electron chi connectivity index (χ4n) is 3.01. The van der Waals surface area contributed by atoms with Gasteiger partial charge in [-0.3, -0.25) is 4.99 Å². The van der Waals surface area contributed by atoms with Crippen molar-refractivity contribution < 1.29 is 0 Å². The molecule has 0 fully saturated rings. The van der Waals surface area contributed by atoms with Crippen LogP contribution in [-0.4, -0.2) is 34.5 Å². The van der Waals surface area contributed by atoms with Gasteiger partial charge in [-0.1, -0.05) is 36.4 Å². The summed E-state index contributed by atoms with van der Waals surface area (Å²) in [5.74, 6) is 1.85. The first-order chi connectivity index (χ1) is 12.1. The van der Waals surface area contributed by atoms with E-state index in [-0.39, 0.29) is 0 Å². The fraction of sp³-hybridized carbons (Fsp3) is 0.300. The van der Waals surface area contributed by atoms with Crippen molar-refractivity contribution in [1.82, 2.24) is 19.8 Å². The summed E-state index contributed by atoms with van der Waals surface area (Å²) in [7, 11) is 5.91. The summed E-state index contributed by atoms with van der Waals surface area (Å²) in [5, 5.41) is 3.42. The number of nitrogens with one attached hydrogen (secondary N) is 1. The van der Waals surface area contributed by atoms with Crippen molar-refractivity contribution in [2.45, 2.75) is 20.0 Å². The highest BCUT2D eigenvalue weighted by Gasteiger charge is 2.11. The van der Waals surface area contributed by atoms with Gasteiger partial charge in [0, 0.05) is 27.7 Å². The molecule has 5 nitrogen and oxygen atoms in total. The van der Waals surface area contributed by atoms with Crippen LogP contribution in [-0.2, 0) is 20.1 Å². The predicted molar refractivity (Wildman–Crippen MR) is 104 cm³/mol. The van der Waals surface area contributed by atoms with Gasteiger partial charge in [-0.25, -0.2) is 4.98 Å². The lowest BCUT2D eigenvalue weighted by Crippen LogP contribution is -2.38. The summed E-state index contributed by atoms with van der Waals surface area (Å²) < 4.78 is 2.12. The average Bonchev–Trinajstić information content (AvgIpc) is 2.94. The molecule has 25 heavy (non-hydrogen) atoms. The Morgan fingerprint density at radius 1 is 1.16 bits per heavy atom. The maximum absolute atomic E-state index is 4.70. The molecule has 0 amide bonds. The van der Waals surface area contributed by atoms with E-state index in [1.54, 1.807) is 0 Å². The molecule has 0 atom stereocenters. The Kier molecular flexibility index (Phi) is 5.03. The quantitative estimate of drug-likeness (QED) is 0.589. The summed E-state index contributed by atoms with van der Waals surface area (Å²) in [6.45, 7) is 3.59. The largest absolute Gasteiger partial charge is 0.349 e. The molecule has 130 valence electrons. The predicted octanol–water partition coefficient (Wildman–Crippen LogP) is 3.09. The number of hydrogen-bond acceptors (Lipinski definition) is 2. The molecule has 0 saturated heterocycles. The van der Waals surface area contributed by atoms with Crippen LogP contribution in [0.4, 0.5) is 0 Å². The highest BCUT2D eigenvalue weighted by molar-refractivity contribution is 5.80. The third-order valence-corrected chi connectivity index (χ3v) is 4.53. The number of aryl methyl sites for hydroxylation is 2. The summed E-state index contributed by atoms with van der Waals surface area (Å²) in [6.07, 6.45) is 0. The van der Waals surface area contributed by atoms with Crippen LogP contribution in [0.5, 0.6) is 0 Å². The second kappa shape index (κ2) is 7.38. The van der Waals surface area contributed by atoms with Crippen molar-refractivity contribution in [2.24, 2.45) is 12.0 Å². The molecule has 0 bridgehead atoms. The number of hydrogen-bond donors (Lipinski definition) is 1. The van der Waals surface area contributed by atoms with Crippen molar-refractivity contribution in [3.63, 3.8) is 0 Å². The van der Waals surface area contributed by atoms with Crippen LogP contribution in [0.25, 0.3) is 11.0 Å². The average molecular weight is 335 g/mol. The topological polar surface area (TPSA) is 45.5 Å². The first-order valence-electron chi connectivity index (χ1n) is 8.46. The Balaban J connectivity index is 1.69. The Morgan fingerprint density at radius 3 is 2.60 bits per heavy atom. The third kappa shape index (κ3) is 3.65. The van der Waals surface area contributed by atoms with E-state index in [1.165, 1.54) is 11.1 Å². The van der Waals surface area contributed by atoms with E-state index in [2.05, 4.69) is 64.1 Å². The smallest absolute Gasteiger partial charge is 0.194 e. The lowest BCUT2D eigenvalue weighted by Gasteiger charge is -2.23. The molecule has 0 unspecified atom stereocenters. The minimum Gasteiger partial charge on any atom is -0.349 e. The number of guanidine groups is 1. The summed E-state index contributed by atoms with van der Waals surface area (Å²) >= 11 is 0. The number of imidazole rings is 1. The van der Waals surface area contributed by atoms with E-state index in [9.17, 15) is 0 Å². The molecule has 0 spiro atoms. The van der Waals surface area contributed by atoms with E-state index in [4.69, 9.17) is 4.98 Å². The van der Waals surface area contributed by atoms with Gasteiger partial charge < -0.3 is 14.8 Å². The van der Waals surface area contributed by atoms with Crippen molar-refractivity contribution in [2.75, 3.05) is 14.1 Å². The standard InChI is InChI=1S/C20H25N5/c1-15-9-5-6-10-16(15)14-24(3)20(21-2)22-13-19-23-17-11-7-8-12-18(17)25(19)4/h5-12H,13-14H2,1-4H3,(H,21,22). The SMILES string of the molecule is CN=C(NCc1nc2ccccc2n1C)N(C)Cc1ccccc1C. The molecule has 0 saturated carbocycles. The van der Waals surface area contributed by atoms with Crippen LogP contribution in [0.3, 0.4) is 0 Å². The van der Waals surface area contributed by atoms with Gasteiger partial charge in [-0.15, -0.1) is 0 Å². The molecule has 2 aromatic carbocycles. The number of aliphatic imine (C=N–C) groups is 1. The maximum Gasteiger partial charge on any atom is 0.194 e. The van der Waals surface area contributed by atoms with E-state index in [0.29, 0.717) is 6.54 Å². The van der Waals surface area contributed by atoms with Crippen molar-refractivity contribution in [1.29, 1.82) is 0 Å². The van der Waals surface area contributed by atoms with Crippen LogP contribution in [0.15, 0.2) is 53.5 Å². The van der Waals surface area contributed by atoms with Gasteiger partial charge in [0.2, 0.25) is 0 Å². The van der Waals surface area contributed by atoms with Gasteiger partial charge in [0.1, 0.15) is 5.82 Å². The first kappa shape index (κ1) is 17.0. The number of nitrogens with zero attached hydrogens (tertiary/aromatic N) is 4. The summed E-state index contributed by atoms with van der Waals surface area (Å²) in [5.41, 5.74) is 4.75. The summed E-state index contributed by atoms with van der Waals surface area (Å²) in [6, 6.07) is 16.6. The van der Waals surface area contributed by atoms with Gasteiger partial charge in [0.05, 0.1) is 17.6 Å². The maximum atomic E-state index is 4.70. The lowest BCUT2D eigenvalue weighted by molar-refractivity contribution is 0.473. The second-order valence-electron chi connectivity index (χ2n) is 6.26. The fourth-order valence-corrected chi connectivity index (χ4v) is 3.01. The Morgan fingerprint density at radius 2 is 1.88 bits per heavy atom. The number of benzene rings is 2. The molecule has 1 aromatic heterocycles. The molecule has 0 aliphatic rings. The number of fused-ring (bicyclic) bond motifs is 1. The number of rotatable bonds is 4. The van der Waals surface area contributed by atoms with Gasteiger partial charge in [-0.2, -0.15) is 0 Å². The number of para-hydroxylation sites is 2. The number of aromatic nitrogens is 2. The third-order valence-electron chi connectivity index (χ3n) is 4.53. The zero-order valence-corrected chi connectivity index (χ0v) is 15.3. The van der Waals surface area contributed by atoms with E-state index >= 15 is 0 Å². The molecule has 0 radical (unpaired) electrons. The molecule has 3 rings (SSSR count). The van der Waals surface area contributed by atoms with Crippen LogP contribution < -0.4 is 5.32 Å². The molecular weight excluding hydrogens is 310 g/mol. The monoisotopic (exact) mass is 335 g/mol. The van der Waals surface area contributed by atoms with Gasteiger partial charge in [-0.05, 0) is 30.2 Å². The van der Waals surface area contributed by atoms with Gasteiger partial charge in [0.25, 0.3) is 0 Å². The minimum atomic E-state index is 0.635. The Labute approximate surface area is 149 Å². The van der Waals surface area contributed by atoms with Crippen LogP contribution in [0.2, 0.25) is 0 Å². The zero-order valence-electron chi connectivity index (χ0n) is 15.3. The highest BCUT2D eigenvalue weighted by atomic mass is 15.3. The molecule has 1 heterocycles. The van der Waals surface area contributed by atoms with Crippen molar-refractivity contribution in [3.8, 4) is 0 Å². The zero-order chi connectivity index (χ0) is 17.8. The minimum absolute atomic E-state index is 0.635.